The van der Waals surface area contributed by atoms with Gasteiger partial charge in [0.15, 0.2) is 0 Å². The Balaban J connectivity index is 0.00000118. The van der Waals surface area contributed by atoms with Crippen molar-refractivity contribution in [1.29, 1.82) is 0 Å². The highest BCUT2D eigenvalue weighted by Crippen LogP contribution is 2.39. The summed E-state index contributed by atoms with van der Waals surface area (Å²) in [5.41, 5.74) is 2.67. The number of rotatable bonds is 11. The molecule has 6 heteroatoms. The highest BCUT2D eigenvalue weighted by atomic mass is 16.4. The van der Waals surface area contributed by atoms with Crippen molar-refractivity contribution < 1.29 is 30.3 Å². The molecule has 0 heterocycles. The lowest BCUT2D eigenvalue weighted by Gasteiger charge is -2.30. The van der Waals surface area contributed by atoms with E-state index < -0.39 is 11.4 Å². The van der Waals surface area contributed by atoms with Gasteiger partial charge in [0, 0.05) is 5.41 Å². The van der Waals surface area contributed by atoms with Crippen molar-refractivity contribution in [3.63, 3.8) is 0 Å². The molecule has 178 valence electrons. The van der Waals surface area contributed by atoms with Crippen molar-refractivity contribution in [2.24, 2.45) is 0 Å². The Hall–Kier alpha value is -2.57. The van der Waals surface area contributed by atoms with E-state index in [2.05, 4.69) is 13.8 Å². The van der Waals surface area contributed by atoms with Gasteiger partial charge in [0.2, 0.25) is 0 Å². The van der Waals surface area contributed by atoms with Crippen LogP contribution < -0.4 is 0 Å². The van der Waals surface area contributed by atoms with Crippen LogP contribution in [0.5, 0.6) is 11.5 Å². The minimum atomic E-state index is -0.881. The first-order valence-electron chi connectivity index (χ1n) is 11.3. The second-order valence-corrected chi connectivity index (χ2v) is 8.24. The number of aryl methyl sites for hydroxylation is 2. The monoisotopic (exact) mass is 446 g/mol. The maximum Gasteiger partial charge on any atom is 0.304 e. The van der Waals surface area contributed by atoms with E-state index in [0.29, 0.717) is 0 Å². The van der Waals surface area contributed by atoms with Crippen LogP contribution in [0.3, 0.4) is 0 Å². The van der Waals surface area contributed by atoms with E-state index in [1.807, 2.05) is 31.2 Å². The number of carboxylic acid groups (broad SMARTS) is 1. The second kappa shape index (κ2) is 13.8. The van der Waals surface area contributed by atoms with Crippen LogP contribution in [0.2, 0.25) is 0 Å². The molecule has 0 aliphatic heterocycles. The molecule has 6 nitrogen and oxygen atoms in total. The summed E-state index contributed by atoms with van der Waals surface area (Å²) in [6.45, 7) is 5.88. The van der Waals surface area contributed by atoms with Crippen LogP contribution in [0.25, 0.3) is 0 Å². The summed E-state index contributed by atoms with van der Waals surface area (Å²) in [4.78, 5) is 11.7. The summed E-state index contributed by atoms with van der Waals surface area (Å²) in [5, 5.41) is 45.3. The van der Waals surface area contributed by atoms with Crippen LogP contribution >= 0.6 is 0 Å². The first-order valence-corrected chi connectivity index (χ1v) is 11.3. The van der Waals surface area contributed by atoms with Gasteiger partial charge in [-0.15, -0.1) is 0 Å². The molecule has 0 radical (unpaired) electrons. The van der Waals surface area contributed by atoms with Crippen molar-refractivity contribution in [3.05, 3.63) is 58.7 Å². The molecule has 0 spiro atoms. The van der Waals surface area contributed by atoms with Gasteiger partial charge < -0.3 is 25.5 Å². The van der Waals surface area contributed by atoms with Crippen molar-refractivity contribution in [2.45, 2.75) is 71.1 Å². The first kappa shape index (κ1) is 27.5. The average molecular weight is 447 g/mol. The number of phenolic OH excluding ortho intramolecular Hbond substituents is 2. The molecule has 5 N–H and O–H groups in total. The zero-order valence-corrected chi connectivity index (χ0v) is 19.5. The molecule has 0 bridgehead atoms. The number of hydrogen-bond donors (Lipinski definition) is 5. The van der Waals surface area contributed by atoms with E-state index in [1.165, 1.54) is 0 Å². The Bertz CT molecular complexity index is 787. The number of hydrogen-bond acceptors (Lipinski definition) is 5. The standard InChI is InChI=1S/C24H32O4.C2H6O2/c1-4-6-8-17-14-19(10-12-21(17)25)24(3,16-23(27)28)20-11-13-22(26)18(15-20)9-7-5-2;3-1-2-4/h10-15,25-26H,4-9,16H2,1-3H3,(H,27,28);3-4H,1-2H2. The van der Waals surface area contributed by atoms with Gasteiger partial charge >= 0.3 is 5.97 Å². The highest BCUT2D eigenvalue weighted by Gasteiger charge is 2.33. The number of benzene rings is 2. The maximum atomic E-state index is 11.7. The van der Waals surface area contributed by atoms with Gasteiger partial charge in [-0.3, -0.25) is 4.79 Å². The molecule has 32 heavy (non-hydrogen) atoms. The Morgan fingerprint density at radius 1 is 0.812 bits per heavy atom. The molecular weight excluding hydrogens is 408 g/mol. The summed E-state index contributed by atoms with van der Waals surface area (Å²) in [5.74, 6) is -0.373. The Labute approximate surface area is 191 Å². The number of aliphatic carboxylic acids is 1. The maximum absolute atomic E-state index is 11.7. The number of unbranched alkanes of at least 4 members (excludes halogenated alkanes) is 2. The molecule has 2 rings (SSSR count). The van der Waals surface area contributed by atoms with E-state index >= 15 is 0 Å². The fraction of sp³-hybridized carbons (Fsp3) is 0.500. The molecule has 0 fully saturated rings. The fourth-order valence-corrected chi connectivity index (χ4v) is 3.67. The number of aliphatic hydroxyl groups excluding tert-OH is 2. The van der Waals surface area contributed by atoms with E-state index in [0.717, 1.165) is 60.8 Å². The lowest BCUT2D eigenvalue weighted by atomic mass is 9.72. The lowest BCUT2D eigenvalue weighted by molar-refractivity contribution is -0.138. The molecule has 2 aromatic rings. The third-order valence-corrected chi connectivity index (χ3v) is 5.64. The summed E-state index contributed by atoms with van der Waals surface area (Å²) in [7, 11) is 0. The minimum Gasteiger partial charge on any atom is -0.508 e. The number of carboxylic acids is 1. The van der Waals surface area contributed by atoms with E-state index in [1.54, 1.807) is 12.1 Å². The van der Waals surface area contributed by atoms with Gasteiger partial charge in [0.25, 0.3) is 0 Å². The van der Waals surface area contributed by atoms with Crippen LogP contribution in [0.15, 0.2) is 36.4 Å². The van der Waals surface area contributed by atoms with Gasteiger partial charge in [-0.1, -0.05) is 57.9 Å². The van der Waals surface area contributed by atoms with Crippen LogP contribution in [0, 0.1) is 0 Å². The zero-order valence-electron chi connectivity index (χ0n) is 19.5. The molecule has 2 aromatic carbocycles. The topological polar surface area (TPSA) is 118 Å². The molecule has 0 aliphatic rings. The van der Waals surface area contributed by atoms with Crippen LogP contribution in [0.4, 0.5) is 0 Å². The Kier molecular flexibility index (Phi) is 11.8. The minimum absolute atomic E-state index is 0.0665. The van der Waals surface area contributed by atoms with Gasteiger partial charge in [-0.05, 0) is 60.1 Å². The molecule has 0 saturated carbocycles. The van der Waals surface area contributed by atoms with Gasteiger partial charge in [-0.25, -0.2) is 0 Å². The quantitative estimate of drug-likeness (QED) is 0.346. The predicted molar refractivity (Wildman–Crippen MR) is 126 cm³/mol. The zero-order chi connectivity index (χ0) is 24.1. The second-order valence-electron chi connectivity index (χ2n) is 8.24. The third kappa shape index (κ3) is 7.84. The number of phenols is 2. The highest BCUT2D eigenvalue weighted by molar-refractivity contribution is 5.70. The van der Waals surface area contributed by atoms with Gasteiger partial charge in [-0.2, -0.15) is 0 Å². The van der Waals surface area contributed by atoms with Crippen molar-refractivity contribution in [1.82, 2.24) is 0 Å². The summed E-state index contributed by atoms with van der Waals surface area (Å²) in [6.07, 6.45) is 5.43. The van der Waals surface area contributed by atoms with Crippen molar-refractivity contribution in [2.75, 3.05) is 13.2 Å². The normalized spacial score (nSPS) is 11.0. The molecule has 0 amide bonds. The molecule has 0 aliphatic carbocycles. The summed E-state index contributed by atoms with van der Waals surface area (Å²) < 4.78 is 0. The van der Waals surface area contributed by atoms with Crippen molar-refractivity contribution in [3.8, 4) is 11.5 Å². The predicted octanol–water partition coefficient (Wildman–Crippen LogP) is 4.53. The third-order valence-electron chi connectivity index (χ3n) is 5.64. The lowest BCUT2D eigenvalue weighted by Crippen LogP contribution is -2.27. The van der Waals surface area contributed by atoms with Crippen LogP contribution in [-0.4, -0.2) is 44.7 Å². The number of aliphatic hydroxyl groups is 2. The van der Waals surface area contributed by atoms with Gasteiger partial charge in [0.05, 0.1) is 19.6 Å². The summed E-state index contributed by atoms with van der Waals surface area (Å²) >= 11 is 0. The Morgan fingerprint density at radius 2 is 1.22 bits per heavy atom. The van der Waals surface area contributed by atoms with E-state index in [9.17, 15) is 20.1 Å². The molecular formula is C26H38O6. The SMILES string of the molecule is CCCCc1cc(C(C)(CC(=O)O)c2ccc(O)c(CCCC)c2)ccc1O.OCCO. The number of carbonyl (C=O) groups is 1. The van der Waals surface area contributed by atoms with Crippen LogP contribution in [0.1, 0.15) is 75.1 Å². The molecule has 0 atom stereocenters. The molecule has 0 unspecified atom stereocenters. The fourth-order valence-electron chi connectivity index (χ4n) is 3.67. The number of aromatic hydroxyl groups is 2. The largest absolute Gasteiger partial charge is 0.508 e. The molecule has 0 saturated heterocycles. The van der Waals surface area contributed by atoms with Gasteiger partial charge in [0.1, 0.15) is 11.5 Å². The van der Waals surface area contributed by atoms with Crippen molar-refractivity contribution >= 4 is 5.97 Å². The average Bonchev–Trinajstić information content (AvgIpc) is 2.77. The Morgan fingerprint density at radius 3 is 1.53 bits per heavy atom. The van der Waals surface area contributed by atoms with E-state index in [-0.39, 0.29) is 31.1 Å². The first-order chi connectivity index (χ1) is 15.2. The van der Waals surface area contributed by atoms with Crippen LogP contribution in [-0.2, 0) is 23.1 Å². The summed E-state index contributed by atoms with van der Waals surface area (Å²) in [6, 6.07) is 10.8. The molecule has 0 aromatic heterocycles. The smallest absolute Gasteiger partial charge is 0.304 e. The van der Waals surface area contributed by atoms with E-state index in [4.69, 9.17) is 10.2 Å².